The number of hydrogen-bond donors (Lipinski definition) is 1. The van der Waals surface area contributed by atoms with Crippen molar-refractivity contribution < 1.29 is 13.2 Å². The molecule has 1 amide bonds. The van der Waals surface area contributed by atoms with Gasteiger partial charge in [-0.15, -0.1) is 11.3 Å². The number of aryl methyl sites for hydroxylation is 2. The van der Waals surface area contributed by atoms with Crippen LogP contribution in [0.2, 0.25) is 0 Å². The van der Waals surface area contributed by atoms with E-state index in [9.17, 15) is 13.2 Å². The van der Waals surface area contributed by atoms with Crippen LogP contribution in [0.5, 0.6) is 0 Å². The summed E-state index contributed by atoms with van der Waals surface area (Å²) >= 11 is 1.08. The molecule has 2 rings (SSSR count). The van der Waals surface area contributed by atoms with Crippen LogP contribution < -0.4 is 4.72 Å². The van der Waals surface area contributed by atoms with Gasteiger partial charge in [-0.1, -0.05) is 12.2 Å². The highest BCUT2D eigenvalue weighted by atomic mass is 32.2. The first-order valence-corrected chi connectivity index (χ1v) is 8.35. The van der Waals surface area contributed by atoms with Gasteiger partial charge in [0.05, 0.1) is 10.7 Å². The van der Waals surface area contributed by atoms with Gasteiger partial charge >= 0.3 is 0 Å². The first-order valence-electron chi connectivity index (χ1n) is 6.05. The summed E-state index contributed by atoms with van der Waals surface area (Å²) in [5.74, 6) is -0.304. The van der Waals surface area contributed by atoms with Crippen molar-refractivity contribution in [1.82, 2.24) is 9.71 Å². The van der Waals surface area contributed by atoms with Crippen LogP contribution in [0.15, 0.2) is 16.4 Å². The zero-order valence-electron chi connectivity index (χ0n) is 10.8. The number of thiazole rings is 1. The van der Waals surface area contributed by atoms with Gasteiger partial charge in [0.25, 0.3) is 10.0 Å². The van der Waals surface area contributed by atoms with E-state index < -0.39 is 15.9 Å². The Labute approximate surface area is 116 Å². The highest BCUT2D eigenvalue weighted by Gasteiger charge is 2.24. The predicted molar refractivity (Wildman–Crippen MR) is 73.4 cm³/mol. The Hall–Kier alpha value is -1.21. The third kappa shape index (κ3) is 3.42. The van der Waals surface area contributed by atoms with Gasteiger partial charge in [-0.05, 0) is 32.6 Å². The molecule has 1 aromatic heterocycles. The Morgan fingerprint density at radius 2 is 2.26 bits per heavy atom. The minimum atomic E-state index is -3.78. The lowest BCUT2D eigenvalue weighted by Crippen LogP contribution is -2.31. The first kappa shape index (κ1) is 14.2. The average Bonchev–Trinajstić information content (AvgIpc) is 2.87. The lowest BCUT2D eigenvalue weighted by Gasteiger charge is -2.08. The SMILES string of the molecule is Cc1nc(C)c(S(=O)(=O)NC(=O)CC2C=CCC2)s1. The molecule has 0 saturated carbocycles. The normalized spacial score (nSPS) is 18.7. The van der Waals surface area contributed by atoms with Crippen molar-refractivity contribution in [2.45, 2.75) is 37.3 Å². The maximum Gasteiger partial charge on any atom is 0.275 e. The van der Waals surface area contributed by atoms with Crippen molar-refractivity contribution in [3.05, 3.63) is 22.9 Å². The largest absolute Gasteiger partial charge is 0.275 e. The molecular formula is C12H16N2O3S2. The van der Waals surface area contributed by atoms with Crippen LogP contribution in [0.1, 0.15) is 30.0 Å². The third-order valence-corrected chi connectivity index (χ3v) is 5.97. The van der Waals surface area contributed by atoms with E-state index in [1.165, 1.54) is 0 Å². The summed E-state index contributed by atoms with van der Waals surface area (Å²) in [4.78, 5) is 15.8. The van der Waals surface area contributed by atoms with Gasteiger partial charge in [0.1, 0.15) is 0 Å². The predicted octanol–water partition coefficient (Wildman–Crippen LogP) is 1.92. The summed E-state index contributed by atoms with van der Waals surface area (Å²) in [6.07, 6.45) is 6.06. The minimum absolute atomic E-state index is 0.125. The second-order valence-corrected chi connectivity index (χ2v) is 7.68. The van der Waals surface area contributed by atoms with Crippen LogP contribution in [-0.2, 0) is 14.8 Å². The fourth-order valence-corrected chi connectivity index (χ4v) is 4.58. The number of allylic oxidation sites excluding steroid dienone is 2. The maximum atomic E-state index is 12.1. The summed E-state index contributed by atoms with van der Waals surface area (Å²) in [6, 6.07) is 0. The lowest BCUT2D eigenvalue weighted by atomic mass is 10.1. The van der Waals surface area contributed by atoms with Gasteiger partial charge in [0.15, 0.2) is 4.21 Å². The Morgan fingerprint density at radius 3 is 2.79 bits per heavy atom. The number of carbonyl (C=O) groups is 1. The Kier molecular flexibility index (Phi) is 4.05. The van der Waals surface area contributed by atoms with Crippen LogP contribution in [0.25, 0.3) is 0 Å². The van der Waals surface area contributed by atoms with Gasteiger partial charge in [0.2, 0.25) is 5.91 Å². The maximum absolute atomic E-state index is 12.1. The highest BCUT2D eigenvalue weighted by molar-refractivity contribution is 7.92. The van der Waals surface area contributed by atoms with E-state index in [0.29, 0.717) is 10.7 Å². The molecular weight excluding hydrogens is 284 g/mol. The molecule has 0 aliphatic heterocycles. The zero-order valence-corrected chi connectivity index (χ0v) is 12.5. The van der Waals surface area contributed by atoms with E-state index in [4.69, 9.17) is 0 Å². The van der Waals surface area contributed by atoms with E-state index >= 15 is 0 Å². The van der Waals surface area contributed by atoms with Gasteiger partial charge in [-0.25, -0.2) is 18.1 Å². The number of nitrogens with zero attached hydrogens (tertiary/aromatic N) is 1. The number of aromatic nitrogens is 1. The Bertz CT molecular complexity index is 617. The van der Waals surface area contributed by atoms with Crippen LogP contribution in [0, 0.1) is 19.8 Å². The highest BCUT2D eigenvalue weighted by Crippen LogP contribution is 2.24. The second kappa shape index (κ2) is 5.42. The molecule has 1 aliphatic carbocycles. The number of hydrogen-bond acceptors (Lipinski definition) is 5. The van der Waals surface area contributed by atoms with Gasteiger partial charge in [-0.3, -0.25) is 4.79 Å². The van der Waals surface area contributed by atoms with E-state index in [0.717, 1.165) is 24.2 Å². The van der Waals surface area contributed by atoms with E-state index in [1.54, 1.807) is 13.8 Å². The van der Waals surface area contributed by atoms with Gasteiger partial charge in [-0.2, -0.15) is 0 Å². The second-order valence-electron chi connectivity index (χ2n) is 4.60. The number of rotatable bonds is 4. The zero-order chi connectivity index (χ0) is 14.0. The van der Waals surface area contributed by atoms with Gasteiger partial charge < -0.3 is 0 Å². The van der Waals surface area contributed by atoms with Crippen LogP contribution in [0.3, 0.4) is 0 Å². The summed E-state index contributed by atoms with van der Waals surface area (Å²) in [5.41, 5.74) is 0.434. The van der Waals surface area contributed by atoms with E-state index in [-0.39, 0.29) is 16.5 Å². The molecule has 0 bridgehead atoms. The molecule has 0 spiro atoms. The van der Waals surface area contributed by atoms with E-state index in [1.807, 2.05) is 12.2 Å². The molecule has 7 heteroatoms. The molecule has 1 aromatic rings. The molecule has 0 aromatic carbocycles. The molecule has 1 N–H and O–H groups in total. The Morgan fingerprint density at radius 1 is 1.53 bits per heavy atom. The monoisotopic (exact) mass is 300 g/mol. The molecule has 5 nitrogen and oxygen atoms in total. The molecule has 1 aliphatic rings. The first-order chi connectivity index (χ1) is 8.88. The quantitative estimate of drug-likeness (QED) is 0.862. The smallest absolute Gasteiger partial charge is 0.274 e. The lowest BCUT2D eigenvalue weighted by molar-refractivity contribution is -0.119. The summed E-state index contributed by atoms with van der Waals surface area (Å²) in [6.45, 7) is 3.37. The number of nitrogens with one attached hydrogen (secondary N) is 1. The summed E-state index contributed by atoms with van der Waals surface area (Å²) in [5, 5.41) is 0.670. The third-order valence-electron chi connectivity index (χ3n) is 2.91. The molecule has 104 valence electrons. The molecule has 1 unspecified atom stereocenters. The van der Waals surface area contributed by atoms with Crippen molar-refractivity contribution >= 4 is 27.3 Å². The van der Waals surface area contributed by atoms with E-state index in [2.05, 4.69) is 9.71 Å². The molecule has 1 atom stereocenters. The van der Waals surface area contributed by atoms with Crippen LogP contribution in [0.4, 0.5) is 0 Å². The average molecular weight is 300 g/mol. The molecule has 1 heterocycles. The number of amides is 1. The van der Waals surface area contributed by atoms with Crippen LogP contribution in [-0.4, -0.2) is 19.3 Å². The van der Waals surface area contributed by atoms with Crippen molar-refractivity contribution in [2.24, 2.45) is 5.92 Å². The number of sulfonamides is 1. The minimum Gasteiger partial charge on any atom is -0.274 e. The summed E-state index contributed by atoms with van der Waals surface area (Å²) in [7, 11) is -3.78. The van der Waals surface area contributed by atoms with Gasteiger partial charge in [0, 0.05) is 6.42 Å². The standard InChI is InChI=1S/C12H16N2O3S2/c1-8-12(18-9(2)13-8)19(16,17)14-11(15)7-10-5-3-4-6-10/h3,5,10H,4,6-7H2,1-2H3,(H,14,15). The molecule has 0 saturated heterocycles. The molecule has 19 heavy (non-hydrogen) atoms. The summed E-state index contributed by atoms with van der Waals surface area (Å²) < 4.78 is 26.4. The van der Waals surface area contributed by atoms with Crippen molar-refractivity contribution in [1.29, 1.82) is 0 Å². The fraction of sp³-hybridized carbons (Fsp3) is 0.500. The van der Waals surface area contributed by atoms with Crippen LogP contribution >= 0.6 is 11.3 Å². The Balaban J connectivity index is 2.06. The molecule has 0 radical (unpaired) electrons. The fourth-order valence-electron chi connectivity index (χ4n) is 2.10. The van der Waals surface area contributed by atoms with Crippen molar-refractivity contribution in [3.63, 3.8) is 0 Å². The topological polar surface area (TPSA) is 76.1 Å². The molecule has 0 fully saturated rings. The van der Waals surface area contributed by atoms with Crippen molar-refractivity contribution in [2.75, 3.05) is 0 Å². The number of carbonyl (C=O) groups excluding carboxylic acids is 1. The van der Waals surface area contributed by atoms with Crippen molar-refractivity contribution in [3.8, 4) is 0 Å².